The van der Waals surface area contributed by atoms with E-state index in [1.54, 1.807) is 78.9 Å². The molecular formula is C100H94Cl3NO32. The highest BCUT2D eigenvalue weighted by Crippen LogP contribution is 2.43. The number of nitrogens with one attached hydrogen (secondary N) is 1. The van der Waals surface area contributed by atoms with Gasteiger partial charge in [0.15, 0.2) is 67.7 Å². The Labute approximate surface area is 794 Å². The number of rotatable bonds is 35. The van der Waals surface area contributed by atoms with Gasteiger partial charge >= 0.3 is 71.6 Å². The third-order valence-electron chi connectivity index (χ3n) is 21.2. The van der Waals surface area contributed by atoms with Crippen LogP contribution in [-0.4, -0.2) is 224 Å². The van der Waals surface area contributed by atoms with Crippen molar-refractivity contribution in [1.82, 2.24) is 0 Å². The number of esters is 12. The van der Waals surface area contributed by atoms with E-state index in [9.17, 15) is 43.2 Å². The van der Waals surface area contributed by atoms with E-state index in [0.717, 1.165) is 6.92 Å². The number of ether oxygens (including phenoxy) is 20. The maximum atomic E-state index is 15.1. The van der Waals surface area contributed by atoms with Crippen LogP contribution >= 0.6 is 34.8 Å². The molecule has 4 saturated heterocycles. The van der Waals surface area contributed by atoms with E-state index in [1.165, 1.54) is 236 Å². The maximum Gasteiger partial charge on any atom is 0.338 e. The molecule has 9 aromatic carbocycles. The average molecular weight is 1930 g/mol. The van der Waals surface area contributed by atoms with Crippen molar-refractivity contribution in [1.29, 1.82) is 5.41 Å². The molecule has 9 aromatic rings. The minimum absolute atomic E-state index is 0.0358. The van der Waals surface area contributed by atoms with Gasteiger partial charge in [0.25, 0.3) is 3.79 Å². The van der Waals surface area contributed by atoms with E-state index >= 15 is 14.4 Å². The van der Waals surface area contributed by atoms with Crippen molar-refractivity contribution < 1.29 is 152 Å². The Balaban J connectivity index is 0.974. The van der Waals surface area contributed by atoms with Crippen LogP contribution in [0, 0.1) is 16.2 Å². The fourth-order valence-corrected chi connectivity index (χ4v) is 14.5. The average Bonchev–Trinajstić information content (AvgIpc) is 1.62. The molecule has 4 aliphatic rings. The standard InChI is InChI=1S/C100H94Cl3NO32/c1-57(105)121-75-72(70(56-120-96(115)98(2,3)4)125-93-80(130-89(113)65-49-31-15-32-50-65)76(127-86(110)62-43-25-12-26-44-62)71(133-93)67(122-84(108)60-39-21-10-22-40-60)53-117-82(106)58-35-17-8-18-36-58)132-91(79(75)135-97(116)99(5,6)7)119-55-69(73-77(128-87(111)63-45-27-13-28-46-63)81(94(134-73)136-95(104)100(101,102)103)131-90(114)66-51-33-16-34-52-66)124-92-78(129-88(112)64-47-29-14-30-48-64)74(126-85(109)61-41-23-11-24-42-61)68(123-92)54-118-83(107)59-37-19-9-20-38-59/h8-52,67-81,91-94,104H,53-56H2,1-7H3/t67-,68-,69-,70-,71+,72+,73+,74-,75+,76+,77+,78+,79-,80-,81-,91-,92-,93-,94+/m1/s1. The molecule has 33 nitrogen and oxygen atoms in total. The third kappa shape index (κ3) is 26.2. The summed E-state index contributed by atoms with van der Waals surface area (Å²) in [6.07, 6.45) is -39.4. The fourth-order valence-electron chi connectivity index (χ4n) is 14.4. The zero-order chi connectivity index (χ0) is 97.0. The number of hydrogen-bond acceptors (Lipinski definition) is 33. The Morgan fingerprint density at radius 1 is 0.294 bits per heavy atom. The van der Waals surface area contributed by atoms with Crippen molar-refractivity contribution in [3.8, 4) is 0 Å². The van der Waals surface area contributed by atoms with Crippen LogP contribution in [0.2, 0.25) is 0 Å². The van der Waals surface area contributed by atoms with Crippen LogP contribution in [0.3, 0.4) is 0 Å². The molecule has 4 heterocycles. The molecule has 36 heteroatoms. The van der Waals surface area contributed by atoms with Gasteiger partial charge in [0, 0.05) is 6.92 Å². The van der Waals surface area contributed by atoms with E-state index in [0.29, 0.717) is 0 Å². The normalized spacial score (nSPS) is 23.0. The summed E-state index contributed by atoms with van der Waals surface area (Å²) >= 11 is 19.1. The number of carbonyl (C=O) groups excluding carboxylic acids is 12. The Bertz CT molecular complexity index is 5630. The van der Waals surface area contributed by atoms with Gasteiger partial charge in [-0.3, -0.25) is 19.8 Å². The largest absolute Gasteiger partial charge is 0.462 e. The molecule has 0 amide bonds. The van der Waals surface area contributed by atoms with Crippen molar-refractivity contribution >= 4 is 112 Å². The second-order valence-electron chi connectivity index (χ2n) is 33.3. The van der Waals surface area contributed by atoms with E-state index in [4.69, 9.17) is 135 Å². The molecule has 0 saturated carbocycles. The summed E-state index contributed by atoms with van der Waals surface area (Å²) in [6, 6.07) is 67.1. The molecule has 0 spiro atoms. The topological polar surface area (TPSA) is 413 Å². The lowest BCUT2D eigenvalue weighted by atomic mass is 9.97. The van der Waals surface area contributed by atoms with Crippen molar-refractivity contribution in [3.05, 3.63) is 323 Å². The zero-order valence-electron chi connectivity index (χ0n) is 74.0. The van der Waals surface area contributed by atoms with Gasteiger partial charge in [-0.2, -0.15) is 0 Å². The SMILES string of the molecule is CC(=O)O[C@H]1[C@H]([C@@H](COC(=O)C(C)(C)C)O[C@@H]2O[C@@H]([C@@H](COC(=O)c3ccccc3)OC(=O)c3ccccc3)[C@H](OC(=O)c3ccccc3)[C@H]2OC(=O)c2ccccc2)O[C@@H](OC[C@@H](O[C@H]2O[C@H](COC(=O)c3ccccc3)[C@@H](OC(=O)c3ccccc3)[C@@H]2OC(=O)c2ccccc2)[C@@H]2O[C@@H](OC(=N)C(Cl)(Cl)Cl)[C@H](OC(=O)c3ccccc3)[C@H]2OC(=O)c2ccccc2)[C@@H]1OC(=O)C(C)(C)C. The van der Waals surface area contributed by atoms with Crippen molar-refractivity contribution in [3.63, 3.8) is 0 Å². The van der Waals surface area contributed by atoms with Gasteiger partial charge in [0.1, 0.15) is 56.4 Å². The lowest BCUT2D eigenvalue weighted by Gasteiger charge is -2.33. The highest BCUT2D eigenvalue weighted by atomic mass is 35.6. The summed E-state index contributed by atoms with van der Waals surface area (Å²) < 4.78 is 127. The van der Waals surface area contributed by atoms with Crippen molar-refractivity contribution in [2.45, 2.75) is 169 Å². The first-order chi connectivity index (χ1) is 65.1. The highest BCUT2D eigenvalue weighted by Gasteiger charge is 2.63. The Morgan fingerprint density at radius 2 is 0.574 bits per heavy atom. The van der Waals surface area contributed by atoms with Crippen LogP contribution in [0.25, 0.3) is 0 Å². The lowest BCUT2D eigenvalue weighted by Crippen LogP contribution is -2.51. The molecular weight excluding hydrogens is 1830 g/mol. The molecule has 0 unspecified atom stereocenters. The van der Waals surface area contributed by atoms with E-state index in [1.807, 2.05) is 0 Å². The van der Waals surface area contributed by atoms with Crippen LogP contribution in [0.1, 0.15) is 142 Å². The van der Waals surface area contributed by atoms with E-state index < -0.39 is 235 Å². The molecule has 1 N–H and O–H groups in total. The number of hydrogen-bond donors (Lipinski definition) is 1. The van der Waals surface area contributed by atoms with Crippen LogP contribution in [0.4, 0.5) is 0 Å². The molecule has 13 rings (SSSR count). The summed E-state index contributed by atoms with van der Waals surface area (Å²) in [5.41, 5.74) is -3.39. The first kappa shape index (κ1) is 100. The molecule has 0 bridgehead atoms. The molecule has 4 fully saturated rings. The number of alkyl halides is 3. The highest BCUT2D eigenvalue weighted by molar-refractivity contribution is 6.76. The van der Waals surface area contributed by atoms with Gasteiger partial charge in [-0.15, -0.1) is 0 Å². The predicted octanol–water partition coefficient (Wildman–Crippen LogP) is 13.8. The summed E-state index contributed by atoms with van der Waals surface area (Å²) in [6.45, 7) is 5.92. The molecule has 0 radical (unpaired) electrons. The Hall–Kier alpha value is -13.3. The predicted molar refractivity (Wildman–Crippen MR) is 478 cm³/mol. The minimum atomic E-state index is -2.74. The quantitative estimate of drug-likeness (QED) is 0.0127. The second-order valence-corrected chi connectivity index (χ2v) is 35.6. The fraction of sp³-hybridized carbons (Fsp3) is 0.330. The Kier molecular flexibility index (Phi) is 33.7. The van der Waals surface area contributed by atoms with Crippen LogP contribution < -0.4 is 0 Å². The van der Waals surface area contributed by atoms with Gasteiger partial charge in [-0.25, -0.2) is 43.2 Å². The van der Waals surface area contributed by atoms with Crippen LogP contribution in [0.15, 0.2) is 273 Å². The lowest BCUT2D eigenvalue weighted by molar-refractivity contribution is -0.265. The molecule has 19 atom stereocenters. The first-order valence-electron chi connectivity index (χ1n) is 42.8. The van der Waals surface area contributed by atoms with E-state index in [-0.39, 0.29) is 50.1 Å². The van der Waals surface area contributed by atoms with Crippen LogP contribution in [0.5, 0.6) is 0 Å². The van der Waals surface area contributed by atoms with Crippen molar-refractivity contribution in [2.24, 2.45) is 10.8 Å². The molecule has 0 aromatic heterocycles. The molecule has 0 aliphatic carbocycles. The van der Waals surface area contributed by atoms with Gasteiger partial charge in [-0.05, 0) is 151 Å². The minimum Gasteiger partial charge on any atom is -0.462 e. The summed E-state index contributed by atoms with van der Waals surface area (Å²) in [5, 5.41) is 9.00. The van der Waals surface area contributed by atoms with Gasteiger partial charge in [0.2, 0.25) is 18.3 Å². The number of benzene rings is 9. The zero-order valence-corrected chi connectivity index (χ0v) is 76.2. The summed E-state index contributed by atoms with van der Waals surface area (Å²) in [5.74, 6) is -13.9. The third-order valence-corrected chi connectivity index (χ3v) is 21.7. The number of halogens is 3. The maximum absolute atomic E-state index is 15.1. The van der Waals surface area contributed by atoms with Gasteiger partial charge in [-0.1, -0.05) is 199 Å². The Morgan fingerprint density at radius 3 is 0.941 bits per heavy atom. The van der Waals surface area contributed by atoms with E-state index in [2.05, 4.69) is 0 Å². The second kappa shape index (κ2) is 45.8. The van der Waals surface area contributed by atoms with Gasteiger partial charge in [0.05, 0.1) is 67.5 Å². The first-order valence-corrected chi connectivity index (χ1v) is 44.0. The molecule has 136 heavy (non-hydrogen) atoms. The monoisotopic (exact) mass is 1930 g/mol. The molecule has 4 aliphatic heterocycles. The van der Waals surface area contributed by atoms with Crippen molar-refractivity contribution in [2.75, 3.05) is 26.4 Å². The summed E-state index contributed by atoms with van der Waals surface area (Å²) in [4.78, 5) is 176. The summed E-state index contributed by atoms with van der Waals surface area (Å²) in [7, 11) is 0. The smallest absolute Gasteiger partial charge is 0.338 e. The number of carbonyl (C=O) groups is 12. The van der Waals surface area contributed by atoms with Gasteiger partial charge < -0.3 is 94.7 Å². The van der Waals surface area contributed by atoms with Crippen LogP contribution in [-0.2, 0) is 109 Å². The molecule has 712 valence electrons.